The number of fused-ring (bicyclic) bond motifs is 1. The number of hydrogen-bond acceptors (Lipinski definition) is 5. The van der Waals surface area contributed by atoms with E-state index in [0.29, 0.717) is 11.7 Å². The van der Waals surface area contributed by atoms with Crippen molar-refractivity contribution in [2.45, 2.75) is 19.8 Å². The summed E-state index contributed by atoms with van der Waals surface area (Å²) in [6, 6.07) is 2.04. The van der Waals surface area contributed by atoms with E-state index >= 15 is 0 Å². The van der Waals surface area contributed by atoms with Gasteiger partial charge in [-0.25, -0.2) is 4.98 Å². The lowest BCUT2D eigenvalue weighted by Crippen LogP contribution is -2.23. The van der Waals surface area contributed by atoms with Crippen LogP contribution in [0.4, 0.5) is 5.82 Å². The van der Waals surface area contributed by atoms with Gasteiger partial charge in [0.05, 0.1) is 0 Å². The topological polar surface area (TPSA) is 66.5 Å². The zero-order valence-corrected chi connectivity index (χ0v) is 10.5. The molecule has 1 N–H and O–H groups in total. The third-order valence-electron chi connectivity index (χ3n) is 3.51. The Morgan fingerprint density at radius 2 is 2.39 bits per heavy atom. The van der Waals surface area contributed by atoms with Crippen LogP contribution in [0.3, 0.4) is 0 Å². The first-order valence-corrected chi connectivity index (χ1v) is 6.31. The van der Waals surface area contributed by atoms with E-state index in [9.17, 15) is 0 Å². The van der Waals surface area contributed by atoms with Crippen molar-refractivity contribution in [2.75, 3.05) is 24.6 Å². The van der Waals surface area contributed by atoms with Gasteiger partial charge in [-0.1, -0.05) is 0 Å². The standard InChI is InChI=1S/C12H17N5O/c1-9-6-11(17-12(15-9)13-8-14-17)16-4-2-10(7-16)3-5-18/h6,8,10,18H,2-5,7H2,1H3. The van der Waals surface area contributed by atoms with E-state index in [4.69, 9.17) is 5.11 Å². The molecule has 1 aliphatic heterocycles. The van der Waals surface area contributed by atoms with Crippen LogP contribution in [0.25, 0.3) is 5.78 Å². The highest BCUT2D eigenvalue weighted by Gasteiger charge is 2.24. The Labute approximate surface area is 105 Å². The van der Waals surface area contributed by atoms with Gasteiger partial charge in [0.15, 0.2) is 0 Å². The van der Waals surface area contributed by atoms with Gasteiger partial charge < -0.3 is 10.0 Å². The van der Waals surface area contributed by atoms with E-state index in [2.05, 4.69) is 20.0 Å². The first kappa shape index (κ1) is 11.4. The highest BCUT2D eigenvalue weighted by Crippen LogP contribution is 2.25. The number of hydrogen-bond donors (Lipinski definition) is 1. The van der Waals surface area contributed by atoms with Gasteiger partial charge in [-0.2, -0.15) is 14.6 Å². The third-order valence-corrected chi connectivity index (χ3v) is 3.51. The molecule has 0 spiro atoms. The van der Waals surface area contributed by atoms with Gasteiger partial charge in [0, 0.05) is 31.5 Å². The highest BCUT2D eigenvalue weighted by molar-refractivity contribution is 5.47. The number of aryl methyl sites for hydroxylation is 1. The molecular formula is C12H17N5O. The van der Waals surface area contributed by atoms with Gasteiger partial charge in [0.1, 0.15) is 12.1 Å². The van der Waals surface area contributed by atoms with Crippen LogP contribution in [0, 0.1) is 12.8 Å². The third kappa shape index (κ3) is 1.92. The molecule has 3 rings (SSSR count). The monoisotopic (exact) mass is 247 g/mol. The minimum absolute atomic E-state index is 0.270. The van der Waals surface area contributed by atoms with Crippen LogP contribution in [0.15, 0.2) is 12.4 Å². The zero-order chi connectivity index (χ0) is 12.5. The molecule has 0 saturated carbocycles. The molecule has 0 aliphatic carbocycles. The largest absolute Gasteiger partial charge is 0.396 e. The number of nitrogens with zero attached hydrogens (tertiary/aromatic N) is 5. The van der Waals surface area contributed by atoms with Crippen LogP contribution in [0.5, 0.6) is 0 Å². The second-order valence-corrected chi connectivity index (χ2v) is 4.84. The fourth-order valence-electron chi connectivity index (χ4n) is 2.60. The first-order chi connectivity index (χ1) is 8.78. The average Bonchev–Trinajstić information content (AvgIpc) is 2.96. The SMILES string of the molecule is Cc1cc(N2CCC(CCO)C2)n2ncnc2n1. The van der Waals surface area contributed by atoms with E-state index in [0.717, 1.165) is 37.4 Å². The molecule has 1 aliphatic rings. The number of rotatable bonds is 3. The summed E-state index contributed by atoms with van der Waals surface area (Å²) in [5, 5.41) is 13.2. The maximum Gasteiger partial charge on any atom is 0.254 e. The summed E-state index contributed by atoms with van der Waals surface area (Å²) in [4.78, 5) is 10.8. The molecule has 2 aromatic rings. The fourth-order valence-corrected chi connectivity index (χ4v) is 2.60. The maximum atomic E-state index is 9.01. The van der Waals surface area contributed by atoms with E-state index in [1.54, 1.807) is 4.52 Å². The molecule has 0 radical (unpaired) electrons. The summed E-state index contributed by atoms with van der Waals surface area (Å²) in [5.41, 5.74) is 0.955. The van der Waals surface area contributed by atoms with Gasteiger partial charge in [-0.3, -0.25) is 0 Å². The number of aliphatic hydroxyl groups is 1. The second kappa shape index (κ2) is 4.53. The Balaban J connectivity index is 1.92. The molecule has 3 heterocycles. The van der Waals surface area contributed by atoms with E-state index in [-0.39, 0.29) is 6.61 Å². The highest BCUT2D eigenvalue weighted by atomic mass is 16.3. The molecule has 2 aromatic heterocycles. The van der Waals surface area contributed by atoms with Crippen molar-refractivity contribution < 1.29 is 5.11 Å². The molecule has 18 heavy (non-hydrogen) atoms. The smallest absolute Gasteiger partial charge is 0.254 e. The molecule has 1 atom stereocenters. The Hall–Kier alpha value is -1.69. The van der Waals surface area contributed by atoms with E-state index in [1.807, 2.05) is 13.0 Å². The predicted octanol–water partition coefficient (Wildman–Crippen LogP) is 0.641. The normalized spacial score (nSPS) is 19.9. The molecule has 1 fully saturated rings. The Bertz CT molecular complexity index is 552. The van der Waals surface area contributed by atoms with Crippen LogP contribution in [0.1, 0.15) is 18.5 Å². The lowest BCUT2D eigenvalue weighted by atomic mass is 10.1. The summed E-state index contributed by atoms with van der Waals surface area (Å²) in [7, 11) is 0. The average molecular weight is 247 g/mol. The number of anilines is 1. The van der Waals surface area contributed by atoms with Gasteiger partial charge >= 0.3 is 0 Å². The van der Waals surface area contributed by atoms with Crippen molar-refractivity contribution in [3.8, 4) is 0 Å². The van der Waals surface area contributed by atoms with Crippen LogP contribution in [0.2, 0.25) is 0 Å². The van der Waals surface area contributed by atoms with E-state index < -0.39 is 0 Å². The van der Waals surface area contributed by atoms with Crippen LogP contribution in [-0.2, 0) is 0 Å². The number of aromatic nitrogens is 4. The molecule has 6 heteroatoms. The molecule has 0 aromatic carbocycles. The van der Waals surface area contributed by atoms with Crippen molar-refractivity contribution in [3.05, 3.63) is 18.1 Å². The molecule has 0 amide bonds. The molecule has 0 bridgehead atoms. The van der Waals surface area contributed by atoms with Crippen molar-refractivity contribution in [1.29, 1.82) is 0 Å². The van der Waals surface area contributed by atoms with Crippen molar-refractivity contribution >= 4 is 11.6 Å². The minimum atomic E-state index is 0.270. The van der Waals surface area contributed by atoms with Crippen LogP contribution < -0.4 is 4.90 Å². The number of aliphatic hydroxyl groups excluding tert-OH is 1. The van der Waals surface area contributed by atoms with E-state index in [1.165, 1.54) is 6.33 Å². The molecule has 1 saturated heterocycles. The van der Waals surface area contributed by atoms with Gasteiger partial charge in [0.25, 0.3) is 5.78 Å². The summed E-state index contributed by atoms with van der Waals surface area (Å²) in [6.07, 6.45) is 3.53. The maximum absolute atomic E-state index is 9.01. The van der Waals surface area contributed by atoms with Crippen LogP contribution >= 0.6 is 0 Å². The van der Waals surface area contributed by atoms with Crippen LogP contribution in [-0.4, -0.2) is 44.4 Å². The van der Waals surface area contributed by atoms with Gasteiger partial charge in [-0.05, 0) is 25.7 Å². The summed E-state index contributed by atoms with van der Waals surface area (Å²) < 4.78 is 1.79. The second-order valence-electron chi connectivity index (χ2n) is 4.84. The minimum Gasteiger partial charge on any atom is -0.396 e. The quantitative estimate of drug-likeness (QED) is 0.862. The molecule has 6 nitrogen and oxygen atoms in total. The zero-order valence-electron chi connectivity index (χ0n) is 10.5. The summed E-state index contributed by atoms with van der Waals surface area (Å²) in [5.74, 6) is 2.27. The summed E-state index contributed by atoms with van der Waals surface area (Å²) >= 11 is 0. The van der Waals surface area contributed by atoms with Gasteiger partial charge in [0.2, 0.25) is 0 Å². The van der Waals surface area contributed by atoms with Crippen molar-refractivity contribution in [3.63, 3.8) is 0 Å². The first-order valence-electron chi connectivity index (χ1n) is 6.31. The predicted molar refractivity (Wildman–Crippen MR) is 67.5 cm³/mol. The fraction of sp³-hybridized carbons (Fsp3) is 0.583. The lowest BCUT2D eigenvalue weighted by Gasteiger charge is -2.19. The molecule has 1 unspecified atom stereocenters. The Morgan fingerprint density at radius 1 is 1.50 bits per heavy atom. The summed E-state index contributed by atoms with van der Waals surface area (Å²) in [6.45, 7) is 4.22. The lowest BCUT2D eigenvalue weighted by molar-refractivity contribution is 0.263. The Morgan fingerprint density at radius 3 is 3.22 bits per heavy atom. The molecule has 96 valence electrons. The van der Waals surface area contributed by atoms with Gasteiger partial charge in [-0.15, -0.1) is 0 Å². The van der Waals surface area contributed by atoms with Crippen molar-refractivity contribution in [1.82, 2.24) is 19.6 Å². The molecular weight excluding hydrogens is 230 g/mol. The van der Waals surface area contributed by atoms with Crippen molar-refractivity contribution in [2.24, 2.45) is 5.92 Å². The Kier molecular flexibility index (Phi) is 2.87.